The highest BCUT2D eigenvalue weighted by atomic mass is 19.4. The van der Waals surface area contributed by atoms with Crippen LogP contribution < -0.4 is 20.7 Å². The largest absolute Gasteiger partial charge is 0.450 e. The van der Waals surface area contributed by atoms with Crippen molar-refractivity contribution in [2.45, 2.75) is 18.6 Å². The number of aromatic nitrogens is 2. The van der Waals surface area contributed by atoms with Gasteiger partial charge in [-0.1, -0.05) is 0 Å². The first kappa shape index (κ1) is 21.3. The lowest BCUT2D eigenvalue weighted by molar-refractivity contribution is -0.136. The van der Waals surface area contributed by atoms with Gasteiger partial charge in [0.15, 0.2) is 17.4 Å². The molecule has 1 aromatic carbocycles. The lowest BCUT2D eigenvalue weighted by Gasteiger charge is -2.14. The van der Waals surface area contributed by atoms with E-state index in [0.29, 0.717) is 6.20 Å². The summed E-state index contributed by atoms with van der Waals surface area (Å²) in [6, 6.07) is 1.27. The van der Waals surface area contributed by atoms with Crippen LogP contribution in [0.1, 0.15) is 12.0 Å². The van der Waals surface area contributed by atoms with Crippen molar-refractivity contribution in [3.8, 4) is 11.5 Å². The molecule has 3 aromatic rings. The van der Waals surface area contributed by atoms with Gasteiger partial charge in [0.2, 0.25) is 5.91 Å². The molecular formula is C19H14F5N5O3. The normalized spacial score (nSPS) is 16.2. The molecule has 1 atom stereocenters. The number of urea groups is 1. The van der Waals surface area contributed by atoms with Crippen LogP contribution in [0.4, 0.5) is 32.4 Å². The van der Waals surface area contributed by atoms with E-state index < -0.39 is 52.3 Å². The molecule has 168 valence electrons. The fraction of sp³-hybridized carbons (Fsp3) is 0.211. The summed E-state index contributed by atoms with van der Waals surface area (Å²) in [5.74, 6) is -4.17. The number of nitrogens with one attached hydrogen (secondary N) is 4. The van der Waals surface area contributed by atoms with Crippen molar-refractivity contribution in [3.05, 3.63) is 47.8 Å². The number of carbonyl (C=O) groups excluding carboxylic acids is 2. The minimum absolute atomic E-state index is 0.0718. The topological polar surface area (TPSA) is 108 Å². The third-order valence-corrected chi connectivity index (χ3v) is 4.62. The first-order chi connectivity index (χ1) is 15.1. The fourth-order valence-electron chi connectivity index (χ4n) is 3.23. The second-order valence-electron chi connectivity index (χ2n) is 6.91. The Bertz CT molecular complexity index is 1190. The van der Waals surface area contributed by atoms with Crippen molar-refractivity contribution < 1.29 is 36.3 Å². The Morgan fingerprint density at radius 1 is 1.22 bits per heavy atom. The maximum absolute atomic E-state index is 14.5. The van der Waals surface area contributed by atoms with Crippen molar-refractivity contribution in [1.82, 2.24) is 20.6 Å². The number of nitrogens with zero attached hydrogens (tertiary/aromatic N) is 1. The Labute approximate surface area is 176 Å². The monoisotopic (exact) mass is 455 g/mol. The molecule has 0 radical (unpaired) electrons. The first-order valence-electron chi connectivity index (χ1n) is 9.16. The van der Waals surface area contributed by atoms with E-state index in [2.05, 4.69) is 25.9 Å². The molecule has 1 aliphatic heterocycles. The number of halogens is 5. The van der Waals surface area contributed by atoms with E-state index in [1.54, 1.807) is 0 Å². The number of carbonyl (C=O) groups is 2. The van der Waals surface area contributed by atoms with E-state index in [0.717, 1.165) is 24.4 Å². The molecular weight excluding hydrogens is 441 g/mol. The number of aromatic amines is 1. The van der Waals surface area contributed by atoms with E-state index in [4.69, 9.17) is 4.74 Å². The number of pyridine rings is 1. The second-order valence-corrected chi connectivity index (χ2v) is 6.91. The Kier molecular flexibility index (Phi) is 5.32. The van der Waals surface area contributed by atoms with Crippen LogP contribution in [0.25, 0.3) is 11.0 Å². The molecule has 4 rings (SSSR count). The molecule has 1 fully saturated rings. The standard InChI is InChI=1S/C19H14F5N5O3/c20-11-3-8(28-18(31)29-9-5-14(30)26-6-9)4-12(21)16(11)32-13-1-2-25-17-15(13)10(7-27-17)19(22,23)24/h1-4,7,9H,5-6H2,(H,25,27)(H,26,30)(H2,28,29,31). The summed E-state index contributed by atoms with van der Waals surface area (Å²) < 4.78 is 73.9. The van der Waals surface area contributed by atoms with Crippen LogP contribution in [0.15, 0.2) is 30.6 Å². The molecule has 0 spiro atoms. The predicted molar refractivity (Wildman–Crippen MR) is 101 cm³/mol. The maximum atomic E-state index is 14.5. The molecule has 4 N–H and O–H groups in total. The Morgan fingerprint density at radius 3 is 2.56 bits per heavy atom. The highest BCUT2D eigenvalue weighted by Gasteiger charge is 2.35. The average molecular weight is 455 g/mol. The zero-order valence-electron chi connectivity index (χ0n) is 15.9. The van der Waals surface area contributed by atoms with Crippen LogP contribution in [0.3, 0.4) is 0 Å². The van der Waals surface area contributed by atoms with E-state index in [-0.39, 0.29) is 30.2 Å². The number of amides is 3. The maximum Gasteiger partial charge on any atom is 0.418 e. The molecule has 8 nitrogen and oxygen atoms in total. The van der Waals surface area contributed by atoms with Crippen molar-refractivity contribution in [3.63, 3.8) is 0 Å². The summed E-state index contributed by atoms with van der Waals surface area (Å²) in [6.45, 7) is 0.223. The molecule has 0 saturated carbocycles. The lowest BCUT2D eigenvalue weighted by atomic mass is 10.2. The molecule has 3 amide bonds. The van der Waals surface area contributed by atoms with E-state index >= 15 is 0 Å². The molecule has 0 aliphatic carbocycles. The first-order valence-corrected chi connectivity index (χ1v) is 9.16. The van der Waals surface area contributed by atoms with Crippen molar-refractivity contribution in [2.24, 2.45) is 0 Å². The van der Waals surface area contributed by atoms with Gasteiger partial charge in [-0.15, -0.1) is 0 Å². The van der Waals surface area contributed by atoms with Crippen molar-refractivity contribution in [1.29, 1.82) is 0 Å². The van der Waals surface area contributed by atoms with Gasteiger partial charge in [0.25, 0.3) is 0 Å². The smallest absolute Gasteiger partial charge is 0.418 e. The molecule has 1 saturated heterocycles. The van der Waals surface area contributed by atoms with Crippen LogP contribution in [0.5, 0.6) is 11.5 Å². The molecule has 32 heavy (non-hydrogen) atoms. The number of hydrogen-bond donors (Lipinski definition) is 4. The van der Waals surface area contributed by atoms with Gasteiger partial charge in [0.05, 0.1) is 17.0 Å². The van der Waals surface area contributed by atoms with Gasteiger partial charge < -0.3 is 25.7 Å². The minimum atomic E-state index is -4.75. The van der Waals surface area contributed by atoms with Gasteiger partial charge in [0.1, 0.15) is 11.4 Å². The van der Waals surface area contributed by atoms with E-state index in [1.165, 1.54) is 0 Å². The van der Waals surface area contributed by atoms with Gasteiger partial charge in [-0.2, -0.15) is 13.2 Å². The van der Waals surface area contributed by atoms with Crippen LogP contribution in [-0.4, -0.2) is 34.5 Å². The fourth-order valence-corrected chi connectivity index (χ4v) is 3.23. The molecule has 1 aliphatic rings. The third-order valence-electron chi connectivity index (χ3n) is 4.62. The number of anilines is 1. The minimum Gasteiger partial charge on any atom is -0.450 e. The number of benzene rings is 1. The van der Waals surface area contributed by atoms with Gasteiger partial charge >= 0.3 is 12.2 Å². The van der Waals surface area contributed by atoms with E-state index in [9.17, 15) is 31.5 Å². The highest BCUT2D eigenvalue weighted by molar-refractivity contribution is 5.91. The molecule has 3 heterocycles. The SMILES string of the molecule is O=C1CC(NC(=O)Nc2cc(F)c(Oc3ccnc4[nH]cc(C(F)(F)F)c34)c(F)c2)CN1. The Balaban J connectivity index is 1.56. The summed E-state index contributed by atoms with van der Waals surface area (Å²) in [7, 11) is 0. The number of alkyl halides is 3. The summed E-state index contributed by atoms with van der Waals surface area (Å²) >= 11 is 0. The van der Waals surface area contributed by atoms with E-state index in [1.807, 2.05) is 0 Å². The van der Waals surface area contributed by atoms with Crippen molar-refractivity contribution in [2.75, 3.05) is 11.9 Å². The third kappa shape index (κ3) is 4.26. The quantitative estimate of drug-likeness (QED) is 0.451. The van der Waals surface area contributed by atoms with Gasteiger partial charge in [0, 0.05) is 43.2 Å². The number of fused-ring (bicyclic) bond motifs is 1. The predicted octanol–water partition coefficient (Wildman–Crippen LogP) is 3.66. The van der Waals surface area contributed by atoms with Gasteiger partial charge in [-0.25, -0.2) is 18.6 Å². The highest BCUT2D eigenvalue weighted by Crippen LogP contribution is 2.40. The summed E-state index contributed by atoms with van der Waals surface area (Å²) in [4.78, 5) is 29.2. The molecule has 1 unspecified atom stereocenters. The van der Waals surface area contributed by atoms with Crippen LogP contribution in [0, 0.1) is 11.6 Å². The van der Waals surface area contributed by atoms with Crippen LogP contribution in [-0.2, 0) is 11.0 Å². The Morgan fingerprint density at radius 2 is 1.94 bits per heavy atom. The number of H-pyrrole nitrogens is 1. The zero-order valence-corrected chi connectivity index (χ0v) is 15.9. The second kappa shape index (κ2) is 7.98. The van der Waals surface area contributed by atoms with Crippen LogP contribution >= 0.6 is 0 Å². The molecule has 13 heteroatoms. The molecule has 2 aromatic heterocycles. The summed E-state index contributed by atoms with van der Waals surface area (Å²) in [6.07, 6.45) is -2.89. The zero-order chi connectivity index (χ0) is 23.0. The van der Waals surface area contributed by atoms with Gasteiger partial charge in [-0.3, -0.25) is 4.79 Å². The lowest BCUT2D eigenvalue weighted by Crippen LogP contribution is -2.39. The van der Waals surface area contributed by atoms with Crippen LogP contribution in [0.2, 0.25) is 0 Å². The average Bonchev–Trinajstić information content (AvgIpc) is 3.31. The number of rotatable bonds is 4. The number of ether oxygens (including phenoxy) is 1. The van der Waals surface area contributed by atoms with Gasteiger partial charge in [-0.05, 0) is 6.07 Å². The molecule has 0 bridgehead atoms. The Hall–Kier alpha value is -3.90. The van der Waals surface area contributed by atoms with Crippen molar-refractivity contribution >= 4 is 28.7 Å². The summed E-state index contributed by atoms with van der Waals surface area (Å²) in [5, 5.41) is 6.72. The summed E-state index contributed by atoms with van der Waals surface area (Å²) in [5.41, 5.74) is -1.55. The number of hydrogen-bond acceptors (Lipinski definition) is 4.